The van der Waals surface area contributed by atoms with Crippen LogP contribution in [0.25, 0.3) is 0 Å². The molecular weight excluding hydrogens is 252 g/mol. The zero-order valence-corrected chi connectivity index (χ0v) is 10.4. The number of carbonyl (C=O) groups excluding carboxylic acids is 1. The lowest BCUT2D eigenvalue weighted by molar-refractivity contribution is 0.102. The fraction of sp³-hybridized carbons (Fsp3) is 0.0769. The molecule has 0 saturated heterocycles. The number of pyridine rings is 1. The average molecular weight is 263 g/mol. The summed E-state index contributed by atoms with van der Waals surface area (Å²) in [6.07, 6.45) is 1.47. The van der Waals surface area contributed by atoms with Crippen LogP contribution in [0.2, 0.25) is 5.02 Å². The van der Waals surface area contributed by atoms with E-state index in [4.69, 9.17) is 11.6 Å². The largest absolute Gasteiger partial charge is 0.328 e. The van der Waals surface area contributed by atoms with Crippen LogP contribution in [0.15, 0.2) is 41.3 Å². The zero-order valence-electron chi connectivity index (χ0n) is 9.66. The van der Waals surface area contributed by atoms with E-state index in [-0.39, 0.29) is 5.56 Å². The Kier molecular flexibility index (Phi) is 3.48. The molecule has 4 nitrogen and oxygen atoms in total. The number of hydrogen-bond acceptors (Lipinski definition) is 2. The third kappa shape index (κ3) is 2.60. The summed E-state index contributed by atoms with van der Waals surface area (Å²) in [6, 6.07) is 8.23. The van der Waals surface area contributed by atoms with Gasteiger partial charge in [0.15, 0.2) is 0 Å². The van der Waals surface area contributed by atoms with Crippen LogP contribution in [0, 0.1) is 6.92 Å². The van der Waals surface area contributed by atoms with E-state index < -0.39 is 11.5 Å². The molecule has 18 heavy (non-hydrogen) atoms. The smallest absolute Gasteiger partial charge is 0.261 e. The Morgan fingerprint density at radius 3 is 2.78 bits per heavy atom. The van der Waals surface area contributed by atoms with Gasteiger partial charge in [-0.25, -0.2) is 0 Å². The van der Waals surface area contributed by atoms with E-state index in [1.54, 1.807) is 24.3 Å². The Hall–Kier alpha value is -2.07. The Morgan fingerprint density at radius 2 is 2.11 bits per heavy atom. The SMILES string of the molecule is Cc1ccc(NC(=O)c2ccc[nH]c2=O)cc1Cl. The van der Waals surface area contributed by atoms with E-state index >= 15 is 0 Å². The maximum Gasteiger partial charge on any atom is 0.261 e. The highest BCUT2D eigenvalue weighted by molar-refractivity contribution is 6.31. The number of amides is 1. The van der Waals surface area contributed by atoms with Crippen molar-refractivity contribution in [3.63, 3.8) is 0 Å². The zero-order chi connectivity index (χ0) is 13.1. The summed E-state index contributed by atoms with van der Waals surface area (Å²) in [4.78, 5) is 25.7. The van der Waals surface area contributed by atoms with Crippen LogP contribution in [-0.2, 0) is 0 Å². The van der Waals surface area contributed by atoms with Crippen LogP contribution in [0.1, 0.15) is 15.9 Å². The molecule has 0 aliphatic heterocycles. The highest BCUT2D eigenvalue weighted by Gasteiger charge is 2.10. The summed E-state index contributed by atoms with van der Waals surface area (Å²) < 4.78 is 0. The lowest BCUT2D eigenvalue weighted by Gasteiger charge is -2.06. The summed E-state index contributed by atoms with van der Waals surface area (Å²) in [7, 11) is 0. The molecule has 92 valence electrons. The van der Waals surface area contributed by atoms with Crippen molar-refractivity contribution in [3.8, 4) is 0 Å². The summed E-state index contributed by atoms with van der Waals surface area (Å²) >= 11 is 5.96. The predicted molar refractivity (Wildman–Crippen MR) is 71.2 cm³/mol. The van der Waals surface area contributed by atoms with Crippen LogP contribution in [0.4, 0.5) is 5.69 Å². The van der Waals surface area contributed by atoms with Crippen LogP contribution in [0.5, 0.6) is 0 Å². The molecular formula is C13H11ClN2O2. The molecule has 0 unspecified atom stereocenters. The highest BCUT2D eigenvalue weighted by atomic mass is 35.5. The third-order valence-corrected chi connectivity index (χ3v) is 2.90. The van der Waals surface area contributed by atoms with Gasteiger partial charge in [0.05, 0.1) is 0 Å². The Balaban J connectivity index is 2.24. The first-order chi connectivity index (χ1) is 8.58. The van der Waals surface area contributed by atoms with Gasteiger partial charge in [0, 0.05) is 16.9 Å². The summed E-state index contributed by atoms with van der Waals surface area (Å²) in [5.41, 5.74) is 1.12. The van der Waals surface area contributed by atoms with E-state index in [0.29, 0.717) is 10.7 Å². The van der Waals surface area contributed by atoms with Gasteiger partial charge in [-0.3, -0.25) is 9.59 Å². The summed E-state index contributed by atoms with van der Waals surface area (Å²) in [5, 5.41) is 3.19. The van der Waals surface area contributed by atoms with Crippen molar-refractivity contribution >= 4 is 23.2 Å². The van der Waals surface area contributed by atoms with Gasteiger partial charge >= 0.3 is 0 Å². The minimum atomic E-state index is -0.461. The first-order valence-electron chi connectivity index (χ1n) is 5.33. The number of hydrogen-bond donors (Lipinski definition) is 2. The van der Waals surface area contributed by atoms with Crippen molar-refractivity contribution in [2.24, 2.45) is 0 Å². The van der Waals surface area contributed by atoms with Gasteiger partial charge < -0.3 is 10.3 Å². The van der Waals surface area contributed by atoms with Crippen LogP contribution < -0.4 is 10.9 Å². The van der Waals surface area contributed by atoms with Crippen molar-refractivity contribution in [3.05, 3.63) is 63.0 Å². The second-order valence-corrected chi connectivity index (χ2v) is 4.24. The minimum Gasteiger partial charge on any atom is -0.328 e. The van der Waals surface area contributed by atoms with Crippen LogP contribution >= 0.6 is 11.6 Å². The van der Waals surface area contributed by atoms with Gasteiger partial charge in [-0.05, 0) is 36.8 Å². The summed E-state index contributed by atoms with van der Waals surface area (Å²) in [6.45, 7) is 1.87. The number of carbonyl (C=O) groups is 1. The van der Waals surface area contributed by atoms with Crippen molar-refractivity contribution in [1.29, 1.82) is 0 Å². The highest BCUT2D eigenvalue weighted by Crippen LogP contribution is 2.20. The van der Waals surface area contributed by atoms with Gasteiger partial charge in [0.2, 0.25) is 0 Å². The van der Waals surface area contributed by atoms with Crippen molar-refractivity contribution in [1.82, 2.24) is 4.98 Å². The molecule has 0 aliphatic carbocycles. The quantitative estimate of drug-likeness (QED) is 0.874. The van der Waals surface area contributed by atoms with Crippen molar-refractivity contribution in [2.45, 2.75) is 6.92 Å². The van der Waals surface area contributed by atoms with Gasteiger partial charge in [0.25, 0.3) is 11.5 Å². The molecule has 1 heterocycles. The second-order valence-electron chi connectivity index (χ2n) is 3.83. The molecule has 0 atom stereocenters. The monoisotopic (exact) mass is 262 g/mol. The second kappa shape index (κ2) is 5.06. The molecule has 5 heteroatoms. The molecule has 0 saturated carbocycles. The third-order valence-electron chi connectivity index (χ3n) is 2.49. The lowest BCUT2D eigenvalue weighted by Crippen LogP contribution is -2.22. The first-order valence-corrected chi connectivity index (χ1v) is 5.71. The number of halogens is 1. The van der Waals surface area contributed by atoms with Crippen molar-refractivity contribution < 1.29 is 4.79 Å². The number of aryl methyl sites for hydroxylation is 1. The standard InChI is InChI=1S/C13H11ClN2O2/c1-8-4-5-9(7-11(8)14)16-13(18)10-3-2-6-15-12(10)17/h2-7H,1H3,(H,15,17)(H,16,18). The number of anilines is 1. The molecule has 0 radical (unpaired) electrons. The number of benzene rings is 1. The normalized spacial score (nSPS) is 10.1. The number of rotatable bonds is 2. The molecule has 0 aliphatic rings. The van der Waals surface area contributed by atoms with Gasteiger partial charge in [-0.2, -0.15) is 0 Å². The molecule has 2 N–H and O–H groups in total. The molecule has 2 aromatic rings. The molecule has 1 aromatic heterocycles. The maximum atomic E-state index is 11.9. The van der Waals surface area contributed by atoms with Gasteiger partial charge in [0.1, 0.15) is 5.56 Å². The molecule has 1 aromatic carbocycles. The summed E-state index contributed by atoms with van der Waals surface area (Å²) in [5.74, 6) is -0.461. The Bertz CT molecular complexity index is 649. The number of nitrogens with one attached hydrogen (secondary N) is 2. The van der Waals surface area contributed by atoms with Crippen LogP contribution in [0.3, 0.4) is 0 Å². The van der Waals surface area contributed by atoms with E-state index in [9.17, 15) is 9.59 Å². The molecule has 0 spiro atoms. The van der Waals surface area contributed by atoms with Crippen molar-refractivity contribution in [2.75, 3.05) is 5.32 Å². The first kappa shape index (κ1) is 12.4. The number of H-pyrrole nitrogens is 1. The van der Waals surface area contributed by atoms with Crippen LogP contribution in [-0.4, -0.2) is 10.9 Å². The molecule has 0 bridgehead atoms. The topological polar surface area (TPSA) is 62.0 Å². The number of aromatic nitrogens is 1. The van der Waals surface area contributed by atoms with E-state index in [0.717, 1.165) is 5.56 Å². The van der Waals surface area contributed by atoms with E-state index in [1.807, 2.05) is 6.92 Å². The fourth-order valence-corrected chi connectivity index (χ4v) is 1.65. The predicted octanol–water partition coefficient (Wildman–Crippen LogP) is 2.59. The minimum absolute atomic E-state index is 0.0641. The van der Waals surface area contributed by atoms with E-state index in [2.05, 4.69) is 10.3 Å². The van der Waals surface area contributed by atoms with Gasteiger partial charge in [-0.1, -0.05) is 17.7 Å². The Morgan fingerprint density at radius 1 is 1.33 bits per heavy atom. The van der Waals surface area contributed by atoms with Gasteiger partial charge in [-0.15, -0.1) is 0 Å². The number of aromatic amines is 1. The Labute approximate surface area is 109 Å². The molecule has 2 rings (SSSR count). The fourth-order valence-electron chi connectivity index (χ4n) is 1.47. The molecule has 1 amide bonds. The molecule has 0 fully saturated rings. The average Bonchev–Trinajstić information content (AvgIpc) is 2.34. The lowest BCUT2D eigenvalue weighted by atomic mass is 10.2. The van der Waals surface area contributed by atoms with E-state index in [1.165, 1.54) is 12.3 Å². The maximum absolute atomic E-state index is 11.9.